The van der Waals surface area contributed by atoms with E-state index < -0.39 is 60.6 Å². The van der Waals surface area contributed by atoms with Crippen molar-refractivity contribution < 1.29 is 34.2 Å². The van der Waals surface area contributed by atoms with Gasteiger partial charge in [0.1, 0.15) is 12.1 Å². The standard InChI is InChI=1S/C14H24N4O7S/c1-26-5-4-7(15)12(22)17-8(2-3-11(20)21)13(23)18-9(14(24)25)6-10(16)19/h7-9H,2-6,15H2,1H3,(H2,16,19)(H,17,22)(H,18,23)(H,20,21)(H,24,25)/t7-,8-,9-/m0/s1. The van der Waals surface area contributed by atoms with Gasteiger partial charge in [0.15, 0.2) is 0 Å². The van der Waals surface area contributed by atoms with Crippen LogP contribution >= 0.6 is 11.8 Å². The van der Waals surface area contributed by atoms with E-state index in [2.05, 4.69) is 10.6 Å². The maximum Gasteiger partial charge on any atom is 0.326 e. The summed E-state index contributed by atoms with van der Waals surface area (Å²) >= 11 is 1.48. The van der Waals surface area contributed by atoms with E-state index in [9.17, 15) is 24.0 Å². The molecule has 0 spiro atoms. The van der Waals surface area contributed by atoms with Gasteiger partial charge in [-0.05, 0) is 24.9 Å². The highest BCUT2D eigenvalue weighted by molar-refractivity contribution is 7.98. The molecule has 0 aliphatic rings. The molecule has 0 radical (unpaired) electrons. The van der Waals surface area contributed by atoms with Crippen LogP contribution in [0.1, 0.15) is 25.7 Å². The maximum absolute atomic E-state index is 12.2. The molecule has 0 aliphatic heterocycles. The van der Waals surface area contributed by atoms with Crippen LogP contribution in [0.15, 0.2) is 0 Å². The average molecular weight is 392 g/mol. The number of amides is 3. The van der Waals surface area contributed by atoms with Crippen molar-refractivity contribution in [2.45, 2.75) is 43.8 Å². The number of hydrogen-bond acceptors (Lipinski definition) is 7. The number of thioether (sulfide) groups is 1. The number of carbonyl (C=O) groups excluding carboxylic acids is 3. The minimum atomic E-state index is -1.59. The highest BCUT2D eigenvalue weighted by Gasteiger charge is 2.29. The number of primary amides is 1. The molecule has 0 heterocycles. The lowest BCUT2D eigenvalue weighted by molar-refractivity contribution is -0.144. The first-order valence-electron chi connectivity index (χ1n) is 7.66. The number of nitrogens with two attached hydrogens (primary N) is 2. The number of nitrogens with one attached hydrogen (secondary N) is 2. The van der Waals surface area contributed by atoms with E-state index in [1.807, 2.05) is 6.26 Å². The van der Waals surface area contributed by atoms with Crippen LogP contribution in [0.25, 0.3) is 0 Å². The van der Waals surface area contributed by atoms with Crippen molar-refractivity contribution in [2.24, 2.45) is 11.5 Å². The molecule has 0 aromatic heterocycles. The normalized spacial score (nSPS) is 13.9. The maximum atomic E-state index is 12.2. The fourth-order valence-electron chi connectivity index (χ4n) is 1.86. The number of carbonyl (C=O) groups is 5. The number of aliphatic carboxylic acids is 2. The molecule has 3 atom stereocenters. The zero-order chi connectivity index (χ0) is 20.3. The molecule has 26 heavy (non-hydrogen) atoms. The Balaban J connectivity index is 5.05. The van der Waals surface area contributed by atoms with Gasteiger partial charge >= 0.3 is 11.9 Å². The summed E-state index contributed by atoms with van der Waals surface area (Å²) in [4.78, 5) is 57.0. The van der Waals surface area contributed by atoms with Crippen molar-refractivity contribution in [3.05, 3.63) is 0 Å². The van der Waals surface area contributed by atoms with Crippen molar-refractivity contribution in [2.75, 3.05) is 12.0 Å². The molecule has 0 saturated carbocycles. The number of rotatable bonds is 13. The van der Waals surface area contributed by atoms with Crippen LogP contribution in [0.3, 0.4) is 0 Å². The topological polar surface area (TPSA) is 202 Å². The molecule has 148 valence electrons. The molecule has 0 fully saturated rings. The lowest BCUT2D eigenvalue weighted by Crippen LogP contribution is -2.55. The van der Waals surface area contributed by atoms with Crippen molar-refractivity contribution in [1.82, 2.24) is 10.6 Å². The Bertz CT molecular complexity index is 543. The van der Waals surface area contributed by atoms with Crippen molar-refractivity contribution >= 4 is 41.4 Å². The SMILES string of the molecule is CSCC[C@H](N)C(=O)N[C@@H](CCC(=O)O)C(=O)N[C@@H](CC(N)=O)C(=O)O. The van der Waals surface area contributed by atoms with Crippen LogP contribution in [0.5, 0.6) is 0 Å². The zero-order valence-corrected chi connectivity index (χ0v) is 15.1. The Morgan fingerprint density at radius 1 is 1.00 bits per heavy atom. The van der Waals surface area contributed by atoms with Gasteiger partial charge in [0, 0.05) is 6.42 Å². The van der Waals surface area contributed by atoms with Crippen LogP contribution in [-0.4, -0.2) is 70.0 Å². The first-order chi connectivity index (χ1) is 12.1. The second-order valence-electron chi connectivity index (χ2n) is 5.45. The molecule has 0 aliphatic carbocycles. The molecule has 0 unspecified atom stereocenters. The molecule has 0 aromatic rings. The van der Waals surface area contributed by atoms with E-state index in [0.29, 0.717) is 12.2 Å². The summed E-state index contributed by atoms with van der Waals surface area (Å²) in [6, 6.07) is -3.80. The first kappa shape index (κ1) is 23.7. The summed E-state index contributed by atoms with van der Waals surface area (Å²) in [7, 11) is 0. The fourth-order valence-corrected chi connectivity index (χ4v) is 2.35. The summed E-state index contributed by atoms with van der Waals surface area (Å²) in [5.41, 5.74) is 10.6. The van der Waals surface area contributed by atoms with Gasteiger partial charge < -0.3 is 32.3 Å². The molecular weight excluding hydrogens is 368 g/mol. The number of hydrogen-bond donors (Lipinski definition) is 6. The van der Waals surface area contributed by atoms with E-state index >= 15 is 0 Å². The van der Waals surface area contributed by atoms with Gasteiger partial charge in [-0.25, -0.2) is 4.79 Å². The van der Waals surface area contributed by atoms with Gasteiger partial charge in [0.25, 0.3) is 0 Å². The van der Waals surface area contributed by atoms with Crippen molar-refractivity contribution in [3.8, 4) is 0 Å². The number of carboxylic acid groups (broad SMARTS) is 2. The minimum Gasteiger partial charge on any atom is -0.481 e. The van der Waals surface area contributed by atoms with E-state index in [1.54, 1.807) is 0 Å². The predicted octanol–water partition coefficient (Wildman–Crippen LogP) is -2.14. The van der Waals surface area contributed by atoms with Crippen LogP contribution < -0.4 is 22.1 Å². The Morgan fingerprint density at radius 2 is 1.58 bits per heavy atom. The molecular formula is C14H24N4O7S. The summed E-state index contributed by atoms with van der Waals surface area (Å²) in [6.07, 6.45) is 0.823. The summed E-state index contributed by atoms with van der Waals surface area (Å²) in [6.45, 7) is 0. The van der Waals surface area contributed by atoms with Crippen molar-refractivity contribution in [1.29, 1.82) is 0 Å². The third kappa shape index (κ3) is 9.84. The second kappa shape index (κ2) is 12.1. The van der Waals surface area contributed by atoms with Crippen LogP contribution in [0.4, 0.5) is 0 Å². The lowest BCUT2D eigenvalue weighted by atomic mass is 10.1. The van der Waals surface area contributed by atoms with Crippen LogP contribution in [-0.2, 0) is 24.0 Å². The third-order valence-electron chi connectivity index (χ3n) is 3.27. The molecule has 8 N–H and O–H groups in total. The predicted molar refractivity (Wildman–Crippen MR) is 93.2 cm³/mol. The van der Waals surface area contributed by atoms with Gasteiger partial charge in [-0.2, -0.15) is 11.8 Å². The zero-order valence-electron chi connectivity index (χ0n) is 14.3. The lowest BCUT2D eigenvalue weighted by Gasteiger charge is -2.22. The Kier molecular flexibility index (Phi) is 11.0. The molecule has 0 aromatic carbocycles. The van der Waals surface area contributed by atoms with Gasteiger partial charge in [-0.15, -0.1) is 0 Å². The van der Waals surface area contributed by atoms with Crippen molar-refractivity contribution in [3.63, 3.8) is 0 Å². The number of carboxylic acids is 2. The minimum absolute atomic E-state index is 0.273. The van der Waals surface area contributed by atoms with Gasteiger partial charge in [0.05, 0.1) is 12.5 Å². The largest absolute Gasteiger partial charge is 0.481 e. The van der Waals surface area contributed by atoms with E-state index in [4.69, 9.17) is 21.7 Å². The quantitative estimate of drug-likeness (QED) is 0.202. The van der Waals surface area contributed by atoms with Gasteiger partial charge in [0.2, 0.25) is 17.7 Å². The van der Waals surface area contributed by atoms with Crippen LogP contribution in [0.2, 0.25) is 0 Å². The third-order valence-corrected chi connectivity index (χ3v) is 3.91. The fraction of sp³-hybridized carbons (Fsp3) is 0.643. The van der Waals surface area contributed by atoms with E-state index in [-0.39, 0.29) is 6.42 Å². The molecule has 0 saturated heterocycles. The van der Waals surface area contributed by atoms with E-state index in [1.165, 1.54) is 11.8 Å². The monoisotopic (exact) mass is 392 g/mol. The molecule has 12 heteroatoms. The van der Waals surface area contributed by atoms with Crippen LogP contribution in [0, 0.1) is 0 Å². The molecule has 0 bridgehead atoms. The Morgan fingerprint density at radius 3 is 2.04 bits per heavy atom. The highest BCUT2D eigenvalue weighted by Crippen LogP contribution is 2.04. The smallest absolute Gasteiger partial charge is 0.326 e. The second-order valence-corrected chi connectivity index (χ2v) is 6.44. The Hall–Kier alpha value is -2.34. The highest BCUT2D eigenvalue weighted by atomic mass is 32.2. The van der Waals surface area contributed by atoms with Gasteiger partial charge in [-0.3, -0.25) is 19.2 Å². The summed E-state index contributed by atoms with van der Waals surface area (Å²) in [5.74, 6) is -4.62. The molecule has 0 rings (SSSR count). The summed E-state index contributed by atoms with van der Waals surface area (Å²) in [5, 5.41) is 22.2. The Labute approximate surface area is 154 Å². The first-order valence-corrected chi connectivity index (χ1v) is 9.06. The van der Waals surface area contributed by atoms with Gasteiger partial charge in [-0.1, -0.05) is 0 Å². The summed E-state index contributed by atoms with van der Waals surface area (Å²) < 4.78 is 0. The molecule has 11 nitrogen and oxygen atoms in total. The average Bonchev–Trinajstić information content (AvgIpc) is 2.54. The molecule has 3 amide bonds. The van der Waals surface area contributed by atoms with E-state index in [0.717, 1.165) is 0 Å².